The molecule has 96 valence electrons. The number of amides is 1. The molecule has 2 aromatic rings. The highest BCUT2D eigenvalue weighted by molar-refractivity contribution is 5.92. The van der Waals surface area contributed by atoms with Crippen molar-refractivity contribution in [3.8, 4) is 0 Å². The highest BCUT2D eigenvalue weighted by Gasteiger charge is 2.22. The number of fused-ring (bicyclic) bond motifs is 1. The van der Waals surface area contributed by atoms with Crippen molar-refractivity contribution in [3.05, 3.63) is 53.3 Å². The average Bonchev–Trinajstić information content (AvgIpc) is 2.46. The highest BCUT2D eigenvalue weighted by Crippen LogP contribution is 2.19. The van der Waals surface area contributed by atoms with Crippen LogP contribution in [0.25, 0.3) is 0 Å². The first-order chi connectivity index (χ1) is 9.24. The summed E-state index contributed by atoms with van der Waals surface area (Å²) < 4.78 is 0. The van der Waals surface area contributed by atoms with Gasteiger partial charge in [0.05, 0.1) is 0 Å². The van der Waals surface area contributed by atoms with Gasteiger partial charge in [0.25, 0.3) is 5.91 Å². The summed E-state index contributed by atoms with van der Waals surface area (Å²) in [5, 5.41) is 0. The number of nitrogen functional groups attached to an aromatic ring is 1. The number of hydrogen-bond donors (Lipinski definition) is 1. The standard InChI is InChI=1S/C14H14N4O/c15-14-16-7-5-12(17-14)13(19)18-8-6-10-3-1-2-4-11(10)9-18/h1-5,7H,6,8-9H2,(H2,15,16,17). The Labute approximate surface area is 111 Å². The molecule has 0 aliphatic carbocycles. The fraction of sp³-hybridized carbons (Fsp3) is 0.214. The minimum atomic E-state index is -0.0939. The van der Waals surface area contributed by atoms with Gasteiger partial charge in [-0.2, -0.15) is 0 Å². The van der Waals surface area contributed by atoms with Crippen LogP contribution in [0.2, 0.25) is 0 Å². The summed E-state index contributed by atoms with van der Waals surface area (Å²) in [4.78, 5) is 21.9. The van der Waals surface area contributed by atoms with E-state index in [0.717, 1.165) is 6.42 Å². The molecule has 19 heavy (non-hydrogen) atoms. The Kier molecular flexibility index (Phi) is 2.87. The number of carbonyl (C=O) groups is 1. The van der Waals surface area contributed by atoms with E-state index in [2.05, 4.69) is 22.1 Å². The average molecular weight is 254 g/mol. The van der Waals surface area contributed by atoms with Crippen molar-refractivity contribution in [2.75, 3.05) is 12.3 Å². The van der Waals surface area contributed by atoms with Crippen LogP contribution < -0.4 is 5.73 Å². The molecule has 1 aliphatic rings. The second kappa shape index (κ2) is 4.68. The van der Waals surface area contributed by atoms with Gasteiger partial charge in [0.2, 0.25) is 5.95 Å². The first kappa shape index (κ1) is 11.6. The van der Waals surface area contributed by atoms with E-state index in [-0.39, 0.29) is 11.9 Å². The van der Waals surface area contributed by atoms with Crippen LogP contribution >= 0.6 is 0 Å². The zero-order chi connectivity index (χ0) is 13.2. The van der Waals surface area contributed by atoms with Crippen LogP contribution in [0, 0.1) is 0 Å². The Morgan fingerprint density at radius 1 is 1.21 bits per heavy atom. The predicted octanol–water partition coefficient (Wildman–Crippen LogP) is 1.26. The first-order valence-electron chi connectivity index (χ1n) is 6.18. The maximum atomic E-state index is 12.3. The molecular weight excluding hydrogens is 240 g/mol. The van der Waals surface area contributed by atoms with Crippen molar-refractivity contribution in [2.45, 2.75) is 13.0 Å². The fourth-order valence-electron chi connectivity index (χ4n) is 2.32. The normalized spacial score (nSPS) is 14.0. The van der Waals surface area contributed by atoms with Gasteiger partial charge in [0, 0.05) is 19.3 Å². The van der Waals surface area contributed by atoms with Crippen LogP contribution in [-0.4, -0.2) is 27.3 Å². The molecule has 0 saturated carbocycles. The van der Waals surface area contributed by atoms with E-state index in [0.29, 0.717) is 18.8 Å². The zero-order valence-electron chi connectivity index (χ0n) is 10.4. The second-order valence-corrected chi connectivity index (χ2v) is 4.55. The molecule has 0 bridgehead atoms. The van der Waals surface area contributed by atoms with Gasteiger partial charge in [-0.3, -0.25) is 4.79 Å². The molecule has 0 saturated heterocycles. The molecule has 2 N–H and O–H groups in total. The van der Waals surface area contributed by atoms with E-state index in [1.165, 1.54) is 17.3 Å². The second-order valence-electron chi connectivity index (χ2n) is 4.55. The monoisotopic (exact) mass is 254 g/mol. The van der Waals surface area contributed by atoms with E-state index in [1.54, 1.807) is 11.0 Å². The zero-order valence-corrected chi connectivity index (χ0v) is 10.4. The van der Waals surface area contributed by atoms with Gasteiger partial charge in [0.15, 0.2) is 0 Å². The quantitative estimate of drug-likeness (QED) is 0.831. The lowest BCUT2D eigenvalue weighted by molar-refractivity contribution is 0.0728. The third-order valence-corrected chi connectivity index (χ3v) is 3.31. The smallest absolute Gasteiger partial charge is 0.272 e. The Morgan fingerprint density at radius 2 is 2.00 bits per heavy atom. The Balaban J connectivity index is 1.83. The molecule has 2 heterocycles. The first-order valence-corrected chi connectivity index (χ1v) is 6.18. The summed E-state index contributed by atoms with van der Waals surface area (Å²) in [6.07, 6.45) is 2.38. The summed E-state index contributed by atoms with van der Waals surface area (Å²) in [6.45, 7) is 1.33. The Bertz CT molecular complexity index is 626. The van der Waals surface area contributed by atoms with Crippen LogP contribution in [0.5, 0.6) is 0 Å². The minimum absolute atomic E-state index is 0.0939. The van der Waals surface area contributed by atoms with Gasteiger partial charge in [-0.15, -0.1) is 0 Å². The summed E-state index contributed by atoms with van der Waals surface area (Å²) in [5.41, 5.74) is 8.38. The largest absolute Gasteiger partial charge is 0.368 e. The van der Waals surface area contributed by atoms with Crippen molar-refractivity contribution in [2.24, 2.45) is 0 Å². The number of anilines is 1. The SMILES string of the molecule is Nc1nccc(C(=O)N2CCc3ccccc3C2)n1. The van der Waals surface area contributed by atoms with Crippen molar-refractivity contribution in [1.29, 1.82) is 0 Å². The molecule has 1 amide bonds. The molecule has 1 aromatic carbocycles. The summed E-state index contributed by atoms with van der Waals surface area (Å²) in [7, 11) is 0. The molecule has 5 heteroatoms. The lowest BCUT2D eigenvalue weighted by atomic mass is 10.00. The number of hydrogen-bond acceptors (Lipinski definition) is 4. The highest BCUT2D eigenvalue weighted by atomic mass is 16.2. The number of nitrogens with zero attached hydrogens (tertiary/aromatic N) is 3. The number of nitrogens with two attached hydrogens (primary N) is 1. The molecule has 0 unspecified atom stereocenters. The van der Waals surface area contributed by atoms with Crippen molar-refractivity contribution >= 4 is 11.9 Å². The van der Waals surface area contributed by atoms with Crippen molar-refractivity contribution < 1.29 is 4.79 Å². The van der Waals surface area contributed by atoms with Crippen molar-refractivity contribution in [3.63, 3.8) is 0 Å². The Morgan fingerprint density at radius 3 is 2.79 bits per heavy atom. The third kappa shape index (κ3) is 2.27. The van der Waals surface area contributed by atoms with Crippen LogP contribution in [0.1, 0.15) is 21.6 Å². The summed E-state index contributed by atoms with van der Waals surface area (Å²) in [6, 6.07) is 9.79. The third-order valence-electron chi connectivity index (χ3n) is 3.31. The van der Waals surface area contributed by atoms with E-state index in [1.807, 2.05) is 12.1 Å². The summed E-state index contributed by atoms with van der Waals surface area (Å²) in [5.74, 6) is 0.0341. The van der Waals surface area contributed by atoms with E-state index in [9.17, 15) is 4.79 Å². The number of benzene rings is 1. The minimum Gasteiger partial charge on any atom is -0.368 e. The molecule has 1 aromatic heterocycles. The molecule has 0 fully saturated rings. The predicted molar refractivity (Wildman–Crippen MR) is 71.3 cm³/mol. The lowest BCUT2D eigenvalue weighted by Gasteiger charge is -2.28. The van der Waals surface area contributed by atoms with E-state index < -0.39 is 0 Å². The fourth-order valence-corrected chi connectivity index (χ4v) is 2.32. The van der Waals surface area contributed by atoms with Gasteiger partial charge in [-0.05, 0) is 23.6 Å². The van der Waals surface area contributed by atoms with Crippen LogP contribution in [0.3, 0.4) is 0 Å². The van der Waals surface area contributed by atoms with Gasteiger partial charge in [-0.1, -0.05) is 24.3 Å². The number of rotatable bonds is 1. The molecule has 0 spiro atoms. The topological polar surface area (TPSA) is 72.1 Å². The molecule has 0 radical (unpaired) electrons. The van der Waals surface area contributed by atoms with Crippen LogP contribution in [0.15, 0.2) is 36.5 Å². The van der Waals surface area contributed by atoms with Gasteiger partial charge in [-0.25, -0.2) is 9.97 Å². The maximum absolute atomic E-state index is 12.3. The van der Waals surface area contributed by atoms with E-state index in [4.69, 9.17) is 5.73 Å². The van der Waals surface area contributed by atoms with Crippen molar-refractivity contribution in [1.82, 2.24) is 14.9 Å². The number of aromatic nitrogens is 2. The Hall–Kier alpha value is -2.43. The van der Waals surface area contributed by atoms with Gasteiger partial charge >= 0.3 is 0 Å². The van der Waals surface area contributed by atoms with Crippen LogP contribution in [0.4, 0.5) is 5.95 Å². The molecular formula is C14H14N4O. The maximum Gasteiger partial charge on any atom is 0.272 e. The van der Waals surface area contributed by atoms with Crippen LogP contribution in [-0.2, 0) is 13.0 Å². The molecule has 3 rings (SSSR count). The molecule has 0 atom stereocenters. The lowest BCUT2D eigenvalue weighted by Crippen LogP contribution is -2.36. The molecule has 5 nitrogen and oxygen atoms in total. The van der Waals surface area contributed by atoms with Gasteiger partial charge in [0.1, 0.15) is 5.69 Å². The molecule has 1 aliphatic heterocycles. The number of carbonyl (C=O) groups excluding carboxylic acids is 1. The van der Waals surface area contributed by atoms with E-state index >= 15 is 0 Å². The van der Waals surface area contributed by atoms with Gasteiger partial charge < -0.3 is 10.6 Å². The summed E-state index contributed by atoms with van der Waals surface area (Å²) >= 11 is 0.